The van der Waals surface area contributed by atoms with E-state index in [0.29, 0.717) is 0 Å². The molecule has 0 amide bonds. The molecule has 0 radical (unpaired) electrons. The molecule has 0 atom stereocenters. The largest absolute Gasteiger partial charge is 0.344 e. The second-order valence-corrected chi connectivity index (χ2v) is 4.29. The maximum absolute atomic E-state index is 13.6. The maximum Gasteiger partial charge on any atom is 0.132 e. The number of aryl methyl sites for hydroxylation is 1. The van der Waals surface area contributed by atoms with Crippen molar-refractivity contribution in [1.82, 2.24) is 9.47 Å². The highest BCUT2D eigenvalue weighted by Crippen LogP contribution is 2.23. The van der Waals surface area contributed by atoms with Crippen molar-refractivity contribution < 1.29 is 4.39 Å². The van der Waals surface area contributed by atoms with Gasteiger partial charge in [-0.05, 0) is 39.2 Å². The molecule has 0 spiro atoms. The quantitative estimate of drug-likeness (QED) is 0.772. The number of hydrogen-bond donors (Lipinski definition) is 0. The van der Waals surface area contributed by atoms with Crippen LogP contribution >= 0.6 is 0 Å². The first-order valence-electron chi connectivity index (χ1n) is 5.55. The van der Waals surface area contributed by atoms with E-state index in [1.54, 1.807) is 6.07 Å². The lowest BCUT2D eigenvalue weighted by atomic mass is 10.2. The third-order valence-corrected chi connectivity index (χ3v) is 2.77. The third-order valence-electron chi connectivity index (χ3n) is 2.77. The van der Waals surface area contributed by atoms with Crippen LogP contribution in [0.3, 0.4) is 0 Å². The van der Waals surface area contributed by atoms with Gasteiger partial charge in [0.2, 0.25) is 0 Å². The molecule has 0 saturated heterocycles. The monoisotopic (exact) mass is 220 g/mol. The van der Waals surface area contributed by atoms with Crippen molar-refractivity contribution in [2.45, 2.75) is 20.0 Å². The van der Waals surface area contributed by atoms with Gasteiger partial charge in [0.25, 0.3) is 0 Å². The summed E-state index contributed by atoms with van der Waals surface area (Å²) in [6.07, 6.45) is 0. The van der Waals surface area contributed by atoms with Gasteiger partial charge in [0, 0.05) is 24.2 Å². The zero-order valence-electron chi connectivity index (χ0n) is 10.00. The highest BCUT2D eigenvalue weighted by molar-refractivity contribution is 5.82. The molecule has 0 saturated carbocycles. The molecule has 3 heteroatoms. The molecule has 0 unspecified atom stereocenters. The van der Waals surface area contributed by atoms with Gasteiger partial charge in [-0.3, -0.25) is 0 Å². The van der Waals surface area contributed by atoms with E-state index in [2.05, 4.69) is 16.4 Å². The Morgan fingerprint density at radius 2 is 2.06 bits per heavy atom. The van der Waals surface area contributed by atoms with E-state index >= 15 is 0 Å². The summed E-state index contributed by atoms with van der Waals surface area (Å²) in [7, 11) is 4.04. The number of hydrogen-bond acceptors (Lipinski definition) is 1. The molecule has 86 valence electrons. The number of halogens is 1. The Morgan fingerprint density at radius 3 is 2.69 bits per heavy atom. The van der Waals surface area contributed by atoms with Crippen LogP contribution in [0.2, 0.25) is 0 Å². The summed E-state index contributed by atoms with van der Waals surface area (Å²) in [6.45, 7) is 3.79. The van der Waals surface area contributed by atoms with E-state index in [1.165, 1.54) is 6.07 Å². The molecule has 0 fully saturated rings. The van der Waals surface area contributed by atoms with E-state index in [1.807, 2.05) is 26.2 Å². The van der Waals surface area contributed by atoms with Gasteiger partial charge in [0.1, 0.15) is 5.82 Å². The van der Waals surface area contributed by atoms with Crippen LogP contribution in [-0.2, 0) is 13.1 Å². The predicted molar refractivity (Wildman–Crippen MR) is 65.0 cm³/mol. The van der Waals surface area contributed by atoms with Crippen molar-refractivity contribution in [2.24, 2.45) is 0 Å². The summed E-state index contributed by atoms with van der Waals surface area (Å²) >= 11 is 0. The van der Waals surface area contributed by atoms with Gasteiger partial charge in [-0.1, -0.05) is 6.07 Å². The van der Waals surface area contributed by atoms with Crippen molar-refractivity contribution in [3.8, 4) is 0 Å². The van der Waals surface area contributed by atoms with Crippen molar-refractivity contribution in [3.05, 3.63) is 35.8 Å². The summed E-state index contributed by atoms with van der Waals surface area (Å²) in [5.41, 5.74) is 2.15. The van der Waals surface area contributed by atoms with Crippen molar-refractivity contribution in [3.63, 3.8) is 0 Å². The standard InChI is InChI=1S/C13H17FN2/c1-4-16-10(9-15(2)3)8-11-12(14)6-5-7-13(11)16/h5-8H,4,9H2,1-3H3. The van der Waals surface area contributed by atoms with E-state index in [0.717, 1.165) is 29.7 Å². The molecule has 0 N–H and O–H groups in total. The van der Waals surface area contributed by atoms with Crippen LogP contribution in [0.5, 0.6) is 0 Å². The molecule has 0 aliphatic heterocycles. The van der Waals surface area contributed by atoms with Crippen LogP contribution in [0.15, 0.2) is 24.3 Å². The van der Waals surface area contributed by atoms with Crippen LogP contribution in [-0.4, -0.2) is 23.6 Å². The molecule has 2 rings (SSSR count). The minimum Gasteiger partial charge on any atom is -0.344 e. The molecule has 2 aromatic rings. The number of fused-ring (bicyclic) bond motifs is 1. The third kappa shape index (κ3) is 1.83. The highest BCUT2D eigenvalue weighted by Gasteiger charge is 2.10. The maximum atomic E-state index is 13.6. The Kier molecular flexibility index (Phi) is 2.97. The van der Waals surface area contributed by atoms with Crippen LogP contribution in [0, 0.1) is 5.82 Å². The van der Waals surface area contributed by atoms with E-state index in [4.69, 9.17) is 0 Å². The first kappa shape index (κ1) is 11.1. The summed E-state index contributed by atoms with van der Waals surface area (Å²) in [6, 6.07) is 7.21. The Bertz CT molecular complexity index is 500. The average molecular weight is 220 g/mol. The van der Waals surface area contributed by atoms with E-state index < -0.39 is 0 Å². The lowest BCUT2D eigenvalue weighted by molar-refractivity contribution is 0.389. The van der Waals surface area contributed by atoms with Crippen molar-refractivity contribution >= 4 is 10.9 Å². The zero-order valence-corrected chi connectivity index (χ0v) is 10.00. The molecule has 1 heterocycles. The van der Waals surface area contributed by atoms with E-state index in [9.17, 15) is 4.39 Å². The van der Waals surface area contributed by atoms with Gasteiger partial charge in [0.15, 0.2) is 0 Å². The normalized spacial score (nSPS) is 11.6. The van der Waals surface area contributed by atoms with E-state index in [-0.39, 0.29) is 5.82 Å². The minimum absolute atomic E-state index is 0.135. The fraction of sp³-hybridized carbons (Fsp3) is 0.385. The van der Waals surface area contributed by atoms with Gasteiger partial charge in [-0.2, -0.15) is 0 Å². The minimum atomic E-state index is -0.135. The number of benzene rings is 1. The summed E-state index contributed by atoms with van der Waals surface area (Å²) in [5.74, 6) is -0.135. The fourth-order valence-electron chi connectivity index (χ4n) is 2.13. The van der Waals surface area contributed by atoms with Crippen LogP contribution < -0.4 is 0 Å². The Morgan fingerprint density at radius 1 is 1.31 bits per heavy atom. The van der Waals surface area contributed by atoms with Crippen molar-refractivity contribution in [1.29, 1.82) is 0 Å². The van der Waals surface area contributed by atoms with Gasteiger partial charge in [-0.15, -0.1) is 0 Å². The molecule has 0 bridgehead atoms. The van der Waals surface area contributed by atoms with Gasteiger partial charge >= 0.3 is 0 Å². The number of rotatable bonds is 3. The molecule has 0 aliphatic rings. The fourth-order valence-corrected chi connectivity index (χ4v) is 2.13. The van der Waals surface area contributed by atoms with Crippen LogP contribution in [0.1, 0.15) is 12.6 Å². The summed E-state index contributed by atoms with van der Waals surface area (Å²) in [4.78, 5) is 2.10. The SMILES string of the molecule is CCn1c(CN(C)C)cc2c(F)cccc21. The second-order valence-electron chi connectivity index (χ2n) is 4.29. The van der Waals surface area contributed by atoms with Crippen molar-refractivity contribution in [2.75, 3.05) is 14.1 Å². The summed E-state index contributed by atoms with van der Waals surface area (Å²) in [5, 5.41) is 0.723. The molecular weight excluding hydrogens is 203 g/mol. The number of aromatic nitrogens is 1. The smallest absolute Gasteiger partial charge is 0.132 e. The second kappa shape index (κ2) is 4.26. The van der Waals surface area contributed by atoms with Crippen LogP contribution in [0.25, 0.3) is 10.9 Å². The average Bonchev–Trinajstić information content (AvgIpc) is 2.56. The van der Waals surface area contributed by atoms with Crippen LogP contribution in [0.4, 0.5) is 4.39 Å². The van der Waals surface area contributed by atoms with Gasteiger partial charge in [-0.25, -0.2) is 4.39 Å². The molecular formula is C13H17FN2. The Labute approximate surface area is 95.3 Å². The molecule has 2 nitrogen and oxygen atoms in total. The first-order chi connectivity index (χ1) is 7.63. The summed E-state index contributed by atoms with van der Waals surface area (Å²) < 4.78 is 15.8. The zero-order chi connectivity index (χ0) is 11.7. The van der Waals surface area contributed by atoms with Gasteiger partial charge < -0.3 is 9.47 Å². The predicted octanol–water partition coefficient (Wildman–Crippen LogP) is 2.86. The lowest BCUT2D eigenvalue weighted by Gasteiger charge is -2.12. The topological polar surface area (TPSA) is 8.17 Å². The molecule has 1 aromatic carbocycles. The molecule has 0 aliphatic carbocycles. The Balaban J connectivity index is 2.61. The molecule has 1 aromatic heterocycles. The highest BCUT2D eigenvalue weighted by atomic mass is 19.1. The molecule has 16 heavy (non-hydrogen) atoms. The Hall–Kier alpha value is -1.35. The lowest BCUT2D eigenvalue weighted by Crippen LogP contribution is -2.14. The number of nitrogens with zero attached hydrogens (tertiary/aromatic N) is 2. The first-order valence-corrected chi connectivity index (χ1v) is 5.55. The van der Waals surface area contributed by atoms with Gasteiger partial charge in [0.05, 0.1) is 5.52 Å².